The molecule has 2 fully saturated rings. The number of rotatable bonds is 10. The van der Waals surface area contributed by atoms with E-state index in [1.807, 2.05) is 27.7 Å². The van der Waals surface area contributed by atoms with Crippen molar-refractivity contribution in [2.75, 3.05) is 6.61 Å². The van der Waals surface area contributed by atoms with Crippen molar-refractivity contribution in [2.45, 2.75) is 144 Å². The Hall–Kier alpha value is -2.24. The summed E-state index contributed by atoms with van der Waals surface area (Å²) in [5.41, 5.74) is -0.248. The Bertz CT molecular complexity index is 1150. The number of hydrogen-bond acceptors (Lipinski definition) is 10. The van der Waals surface area contributed by atoms with Crippen LogP contribution in [0.1, 0.15) is 95.4 Å². The normalized spacial score (nSPS) is 34.5. The van der Waals surface area contributed by atoms with Crippen LogP contribution in [0.3, 0.4) is 0 Å². The summed E-state index contributed by atoms with van der Waals surface area (Å²) in [7, 11) is -2.13. The van der Waals surface area contributed by atoms with Gasteiger partial charge in [0.05, 0.1) is 6.10 Å². The molecule has 10 nitrogen and oxygen atoms in total. The smallest absolute Gasteiger partial charge is 0.303 e. The number of esters is 4. The van der Waals surface area contributed by atoms with Crippen LogP contribution in [0.4, 0.5) is 0 Å². The van der Waals surface area contributed by atoms with E-state index in [0.29, 0.717) is 24.8 Å². The quantitative estimate of drug-likeness (QED) is 0.139. The van der Waals surface area contributed by atoms with Crippen molar-refractivity contribution in [3.05, 3.63) is 11.1 Å². The van der Waals surface area contributed by atoms with Gasteiger partial charge in [0, 0.05) is 57.5 Å². The maximum absolute atomic E-state index is 12.9. The Balaban J connectivity index is 2.42. The van der Waals surface area contributed by atoms with E-state index in [2.05, 4.69) is 20.8 Å². The molecular weight excluding hydrogens is 596 g/mol. The van der Waals surface area contributed by atoms with E-state index in [-0.39, 0.29) is 12.7 Å². The van der Waals surface area contributed by atoms with E-state index in [9.17, 15) is 24.3 Å². The summed E-state index contributed by atoms with van der Waals surface area (Å²) in [5.74, 6) is -3.46. The first kappa shape index (κ1) is 37.2. The third-order valence-corrected chi connectivity index (χ3v) is 16.0. The number of fused-ring (bicyclic) bond motifs is 3. The molecule has 9 atom stereocenters. The van der Waals surface area contributed by atoms with E-state index >= 15 is 0 Å². The van der Waals surface area contributed by atoms with Crippen LogP contribution in [-0.4, -0.2) is 74.4 Å². The minimum atomic E-state index is -2.13. The van der Waals surface area contributed by atoms with Crippen molar-refractivity contribution in [1.82, 2.24) is 0 Å². The van der Waals surface area contributed by atoms with E-state index in [1.165, 1.54) is 27.7 Å². The first-order valence-corrected chi connectivity index (χ1v) is 19.1. The third kappa shape index (κ3) is 7.20. The van der Waals surface area contributed by atoms with Gasteiger partial charge in [0.1, 0.15) is 18.3 Å². The predicted octanol–water partition coefficient (Wildman–Crippen LogP) is 5.50. The minimum absolute atomic E-state index is 0.239. The molecule has 2 bridgehead atoms. The average Bonchev–Trinajstić information content (AvgIpc) is 2.94. The molecular formula is C34H56O10Si. The molecule has 0 spiro atoms. The molecule has 0 amide bonds. The van der Waals surface area contributed by atoms with Crippen molar-refractivity contribution >= 4 is 32.2 Å². The lowest BCUT2D eigenvalue weighted by Crippen LogP contribution is -2.66. The molecule has 1 N–H and O–H groups in total. The third-order valence-electron chi connectivity index (χ3n) is 11.4. The summed E-state index contributed by atoms with van der Waals surface area (Å²) in [4.78, 5) is 50.9. The van der Waals surface area contributed by atoms with Crippen LogP contribution in [0.2, 0.25) is 18.1 Å². The Morgan fingerprint density at radius 3 is 1.84 bits per heavy atom. The topological polar surface area (TPSA) is 135 Å². The second-order valence-electron chi connectivity index (χ2n) is 14.2. The molecule has 2 saturated carbocycles. The largest absolute Gasteiger partial charge is 0.462 e. The molecule has 3 rings (SSSR count). The van der Waals surface area contributed by atoms with Crippen molar-refractivity contribution in [3.63, 3.8) is 0 Å². The Morgan fingerprint density at radius 2 is 1.38 bits per heavy atom. The van der Waals surface area contributed by atoms with Gasteiger partial charge in [-0.05, 0) is 60.9 Å². The van der Waals surface area contributed by atoms with E-state index in [4.69, 9.17) is 23.4 Å². The van der Waals surface area contributed by atoms with Gasteiger partial charge in [0.15, 0.2) is 14.4 Å². The van der Waals surface area contributed by atoms with Crippen molar-refractivity contribution in [1.29, 1.82) is 0 Å². The maximum Gasteiger partial charge on any atom is 0.303 e. The van der Waals surface area contributed by atoms with Gasteiger partial charge in [0.25, 0.3) is 0 Å². The molecule has 0 aliphatic heterocycles. The van der Waals surface area contributed by atoms with Crippen molar-refractivity contribution < 1.29 is 47.7 Å². The van der Waals surface area contributed by atoms with Crippen molar-refractivity contribution in [3.8, 4) is 0 Å². The summed E-state index contributed by atoms with van der Waals surface area (Å²) in [6, 6.07) is 2.80. The molecule has 0 saturated heterocycles. The van der Waals surface area contributed by atoms with Gasteiger partial charge in [-0.2, -0.15) is 0 Å². The second-order valence-corrected chi connectivity index (χ2v) is 18.9. The van der Waals surface area contributed by atoms with Gasteiger partial charge < -0.3 is 28.5 Å². The monoisotopic (exact) mass is 652 g/mol. The van der Waals surface area contributed by atoms with Crippen LogP contribution in [0.25, 0.3) is 0 Å². The van der Waals surface area contributed by atoms with Crippen LogP contribution in [-0.2, 0) is 42.6 Å². The highest BCUT2D eigenvalue weighted by Gasteiger charge is 2.65. The standard InChI is InChI=1S/C34H56O10Si/c1-12-45(13-2,14-3)44-26-15-16-34(11)29(24(26)18-35)30(41-21(6)37)25-17-27(40-20(5)36)19(4)28(33(25,9)10)31(42-22(7)38)32(34)43-23(8)39/h24-27,29-32,35H,12-18H2,1-11H3/t24-,25+,26+,27+,29+,30-,31-,32+,34-/m1/s1. The highest BCUT2D eigenvalue weighted by molar-refractivity contribution is 6.73. The molecule has 0 aromatic rings. The summed E-state index contributed by atoms with van der Waals surface area (Å²) in [6.07, 6.45) is -2.27. The zero-order valence-electron chi connectivity index (χ0n) is 29.2. The molecule has 45 heavy (non-hydrogen) atoms. The first-order valence-electron chi connectivity index (χ1n) is 16.6. The summed E-state index contributed by atoms with van der Waals surface area (Å²) >= 11 is 0. The summed E-state index contributed by atoms with van der Waals surface area (Å²) in [6.45, 7) is 19.5. The number of carbonyl (C=O) groups is 4. The van der Waals surface area contributed by atoms with Crippen LogP contribution >= 0.6 is 0 Å². The van der Waals surface area contributed by atoms with E-state index < -0.39 is 85.2 Å². The first-order chi connectivity index (χ1) is 20.9. The zero-order valence-corrected chi connectivity index (χ0v) is 30.2. The minimum Gasteiger partial charge on any atom is -0.462 e. The lowest BCUT2D eigenvalue weighted by Gasteiger charge is -2.61. The molecule has 3 aliphatic rings. The molecule has 0 radical (unpaired) electrons. The van der Waals surface area contributed by atoms with Gasteiger partial charge in [-0.3, -0.25) is 19.2 Å². The Kier molecular flexibility index (Phi) is 11.8. The number of aliphatic hydroxyl groups excluding tert-OH is 1. The molecule has 0 aromatic carbocycles. The zero-order chi connectivity index (χ0) is 34.1. The van der Waals surface area contributed by atoms with Gasteiger partial charge in [-0.1, -0.05) is 41.5 Å². The molecule has 0 heterocycles. The summed E-state index contributed by atoms with van der Waals surface area (Å²) < 4.78 is 31.6. The fourth-order valence-corrected chi connectivity index (χ4v) is 12.0. The lowest BCUT2D eigenvalue weighted by molar-refractivity contribution is -0.225. The van der Waals surface area contributed by atoms with Crippen LogP contribution in [0, 0.1) is 28.6 Å². The highest BCUT2D eigenvalue weighted by atomic mass is 28.4. The molecule has 11 heteroatoms. The predicted molar refractivity (Wildman–Crippen MR) is 170 cm³/mol. The fraction of sp³-hybridized carbons (Fsp3) is 0.824. The molecule has 0 aromatic heterocycles. The van der Waals surface area contributed by atoms with Crippen molar-refractivity contribution in [2.24, 2.45) is 28.6 Å². The Morgan fingerprint density at radius 1 is 0.844 bits per heavy atom. The summed E-state index contributed by atoms with van der Waals surface area (Å²) in [5, 5.41) is 11.2. The second kappa shape index (κ2) is 14.3. The Labute approximate surface area is 270 Å². The number of carbonyl (C=O) groups excluding carboxylic acids is 4. The van der Waals surface area contributed by atoms with Gasteiger partial charge in [0.2, 0.25) is 0 Å². The molecule has 256 valence electrons. The van der Waals surface area contributed by atoms with E-state index in [0.717, 1.165) is 23.7 Å². The lowest BCUT2D eigenvalue weighted by atomic mass is 9.48. The van der Waals surface area contributed by atoms with Gasteiger partial charge in [-0.25, -0.2) is 0 Å². The van der Waals surface area contributed by atoms with Gasteiger partial charge in [-0.15, -0.1) is 0 Å². The maximum atomic E-state index is 12.9. The van der Waals surface area contributed by atoms with Crippen LogP contribution in [0.5, 0.6) is 0 Å². The number of ether oxygens (including phenoxy) is 4. The number of aliphatic hydroxyl groups is 1. The molecule has 3 aliphatic carbocycles. The number of hydrogen-bond donors (Lipinski definition) is 1. The van der Waals surface area contributed by atoms with E-state index in [1.54, 1.807) is 0 Å². The SMILES string of the molecule is CC[Si](CC)(CC)O[C@H]1CC[C@]2(C)[C@@H]([C@@H]1CO)[C@H](OC(C)=O)[C@@H]1C[C@H](OC(C)=O)C(C)=C([C@@H](OC(C)=O)[C@@H]2OC(C)=O)C1(C)C. The van der Waals surface area contributed by atoms with Crippen LogP contribution < -0.4 is 0 Å². The fourth-order valence-electron chi connectivity index (χ4n) is 9.03. The average molecular weight is 653 g/mol. The van der Waals surface area contributed by atoms with Crippen LogP contribution in [0.15, 0.2) is 11.1 Å². The van der Waals surface area contributed by atoms with Gasteiger partial charge >= 0.3 is 23.9 Å². The molecule has 0 unspecified atom stereocenters. The highest BCUT2D eigenvalue weighted by Crippen LogP contribution is 2.61.